The molecule has 0 saturated heterocycles. The lowest BCUT2D eigenvalue weighted by Gasteiger charge is -2.10. The molecule has 0 unspecified atom stereocenters. The number of halogens is 2. The summed E-state index contributed by atoms with van der Waals surface area (Å²) in [4.78, 5) is 16.5. The standard InChI is InChI=1S/C21H18BrFN2O2/c1-13-3-4-14(2)19(9-13)27-20-8-5-15(11-24-20)12-25-21(26)17-7-6-16(23)10-18(17)22/h3-11H,12H2,1-2H3,(H,25,26). The number of aryl methyl sites for hydroxylation is 2. The van der Waals surface area contributed by atoms with Crippen LogP contribution < -0.4 is 10.1 Å². The Kier molecular flexibility index (Phi) is 5.86. The molecule has 1 aromatic heterocycles. The Hall–Kier alpha value is -2.73. The van der Waals surface area contributed by atoms with Gasteiger partial charge in [0.2, 0.25) is 5.88 Å². The van der Waals surface area contributed by atoms with Gasteiger partial charge in [0.15, 0.2) is 0 Å². The minimum absolute atomic E-state index is 0.294. The first-order chi connectivity index (χ1) is 12.9. The fourth-order valence-corrected chi connectivity index (χ4v) is 2.99. The Morgan fingerprint density at radius 3 is 2.67 bits per heavy atom. The van der Waals surface area contributed by atoms with Crippen molar-refractivity contribution in [1.82, 2.24) is 10.3 Å². The third-order valence-corrected chi connectivity index (χ3v) is 4.64. The number of amides is 1. The van der Waals surface area contributed by atoms with Crippen molar-refractivity contribution in [2.75, 3.05) is 0 Å². The minimum atomic E-state index is -0.401. The van der Waals surface area contributed by atoms with Crippen LogP contribution in [0, 0.1) is 19.7 Å². The number of nitrogens with one attached hydrogen (secondary N) is 1. The van der Waals surface area contributed by atoms with Crippen LogP contribution >= 0.6 is 15.9 Å². The van der Waals surface area contributed by atoms with Crippen LogP contribution in [0.5, 0.6) is 11.6 Å². The zero-order valence-electron chi connectivity index (χ0n) is 14.9. The smallest absolute Gasteiger partial charge is 0.252 e. The second-order valence-corrected chi connectivity index (χ2v) is 7.04. The molecule has 27 heavy (non-hydrogen) atoms. The number of rotatable bonds is 5. The van der Waals surface area contributed by atoms with Gasteiger partial charge in [0.05, 0.1) is 5.56 Å². The van der Waals surface area contributed by atoms with Crippen molar-refractivity contribution in [3.8, 4) is 11.6 Å². The summed E-state index contributed by atoms with van der Waals surface area (Å²) in [6.45, 7) is 4.29. The molecule has 0 aliphatic heterocycles. The molecule has 0 aliphatic carbocycles. The molecule has 0 radical (unpaired) electrons. The van der Waals surface area contributed by atoms with Crippen LogP contribution in [0.3, 0.4) is 0 Å². The molecule has 0 bridgehead atoms. The number of nitrogens with zero attached hydrogens (tertiary/aromatic N) is 1. The van der Waals surface area contributed by atoms with E-state index < -0.39 is 5.82 Å². The summed E-state index contributed by atoms with van der Waals surface area (Å²) in [5.74, 6) is 0.560. The quantitative estimate of drug-likeness (QED) is 0.597. The zero-order chi connectivity index (χ0) is 19.4. The van der Waals surface area contributed by atoms with Crippen LogP contribution in [0.4, 0.5) is 4.39 Å². The molecule has 0 fully saturated rings. The lowest BCUT2D eigenvalue weighted by Crippen LogP contribution is -2.23. The Morgan fingerprint density at radius 1 is 1.15 bits per heavy atom. The average molecular weight is 429 g/mol. The van der Waals surface area contributed by atoms with Crippen molar-refractivity contribution in [1.29, 1.82) is 0 Å². The van der Waals surface area contributed by atoms with E-state index in [2.05, 4.69) is 26.2 Å². The van der Waals surface area contributed by atoms with Crippen LogP contribution in [0.15, 0.2) is 59.2 Å². The number of aromatic nitrogens is 1. The van der Waals surface area contributed by atoms with Crippen molar-refractivity contribution in [3.63, 3.8) is 0 Å². The first kappa shape index (κ1) is 19.0. The summed E-state index contributed by atoms with van der Waals surface area (Å²) in [5, 5.41) is 2.79. The maximum atomic E-state index is 13.1. The maximum absolute atomic E-state index is 13.1. The molecule has 0 atom stereocenters. The fourth-order valence-electron chi connectivity index (χ4n) is 2.46. The highest BCUT2D eigenvalue weighted by atomic mass is 79.9. The van der Waals surface area contributed by atoms with Gasteiger partial charge in [0.1, 0.15) is 11.6 Å². The highest BCUT2D eigenvalue weighted by molar-refractivity contribution is 9.10. The molecule has 138 valence electrons. The van der Waals surface area contributed by atoms with Gasteiger partial charge in [-0.05, 0) is 70.7 Å². The molecule has 1 N–H and O–H groups in total. The maximum Gasteiger partial charge on any atom is 0.252 e. The molecular formula is C21H18BrFN2O2. The highest BCUT2D eigenvalue weighted by Gasteiger charge is 2.11. The van der Waals surface area contributed by atoms with E-state index in [0.29, 0.717) is 22.5 Å². The Labute approximate surface area is 165 Å². The largest absolute Gasteiger partial charge is 0.439 e. The van der Waals surface area contributed by atoms with Gasteiger partial charge in [-0.25, -0.2) is 9.37 Å². The van der Waals surface area contributed by atoms with E-state index in [1.807, 2.05) is 38.1 Å². The Bertz CT molecular complexity index is 974. The molecule has 3 aromatic rings. The summed E-state index contributed by atoms with van der Waals surface area (Å²) in [6, 6.07) is 13.5. The first-order valence-corrected chi connectivity index (χ1v) is 9.15. The van der Waals surface area contributed by atoms with E-state index in [1.54, 1.807) is 12.3 Å². The van der Waals surface area contributed by atoms with Gasteiger partial charge in [-0.1, -0.05) is 18.2 Å². The van der Waals surface area contributed by atoms with E-state index in [4.69, 9.17) is 4.74 Å². The van der Waals surface area contributed by atoms with Crippen LogP contribution in [0.25, 0.3) is 0 Å². The van der Waals surface area contributed by atoms with Gasteiger partial charge in [-0.2, -0.15) is 0 Å². The number of hydrogen-bond acceptors (Lipinski definition) is 3. The molecule has 3 rings (SSSR count). The van der Waals surface area contributed by atoms with E-state index in [-0.39, 0.29) is 5.91 Å². The van der Waals surface area contributed by atoms with Gasteiger partial charge in [0, 0.05) is 23.3 Å². The monoisotopic (exact) mass is 428 g/mol. The van der Waals surface area contributed by atoms with Crippen molar-refractivity contribution >= 4 is 21.8 Å². The van der Waals surface area contributed by atoms with Crippen LogP contribution in [-0.2, 0) is 6.54 Å². The molecule has 0 aliphatic rings. The van der Waals surface area contributed by atoms with Gasteiger partial charge < -0.3 is 10.1 Å². The molecule has 4 nitrogen and oxygen atoms in total. The summed E-state index contributed by atoms with van der Waals surface area (Å²) < 4.78 is 19.4. The van der Waals surface area contributed by atoms with Gasteiger partial charge in [-0.15, -0.1) is 0 Å². The van der Waals surface area contributed by atoms with Crippen molar-refractivity contribution in [3.05, 3.63) is 87.3 Å². The van der Waals surface area contributed by atoms with Crippen molar-refractivity contribution in [2.45, 2.75) is 20.4 Å². The topological polar surface area (TPSA) is 51.2 Å². The highest BCUT2D eigenvalue weighted by Crippen LogP contribution is 2.24. The molecular weight excluding hydrogens is 411 g/mol. The summed E-state index contributed by atoms with van der Waals surface area (Å²) >= 11 is 3.20. The Balaban J connectivity index is 1.62. The third kappa shape index (κ3) is 4.92. The van der Waals surface area contributed by atoms with Gasteiger partial charge >= 0.3 is 0 Å². The van der Waals surface area contributed by atoms with Crippen molar-refractivity contribution < 1.29 is 13.9 Å². The summed E-state index contributed by atoms with van der Waals surface area (Å²) in [6.07, 6.45) is 1.65. The number of ether oxygens (including phenoxy) is 1. The van der Waals surface area contributed by atoms with Crippen LogP contribution in [-0.4, -0.2) is 10.9 Å². The average Bonchev–Trinajstić information content (AvgIpc) is 2.64. The molecule has 0 saturated carbocycles. The first-order valence-electron chi connectivity index (χ1n) is 8.35. The molecule has 1 amide bonds. The molecule has 2 aromatic carbocycles. The second-order valence-electron chi connectivity index (χ2n) is 6.18. The number of hydrogen-bond donors (Lipinski definition) is 1. The van der Waals surface area contributed by atoms with Crippen LogP contribution in [0.2, 0.25) is 0 Å². The third-order valence-electron chi connectivity index (χ3n) is 3.98. The van der Waals surface area contributed by atoms with E-state index >= 15 is 0 Å². The number of benzene rings is 2. The van der Waals surface area contributed by atoms with Crippen LogP contribution in [0.1, 0.15) is 27.0 Å². The molecule has 1 heterocycles. The van der Waals surface area contributed by atoms with Gasteiger partial charge in [-0.3, -0.25) is 4.79 Å². The van der Waals surface area contributed by atoms with E-state index in [1.165, 1.54) is 18.2 Å². The van der Waals surface area contributed by atoms with E-state index in [0.717, 1.165) is 22.4 Å². The normalized spacial score (nSPS) is 10.5. The SMILES string of the molecule is Cc1ccc(C)c(Oc2ccc(CNC(=O)c3ccc(F)cc3Br)cn2)c1. The Morgan fingerprint density at radius 2 is 1.96 bits per heavy atom. The minimum Gasteiger partial charge on any atom is -0.439 e. The van der Waals surface area contributed by atoms with Gasteiger partial charge in [0.25, 0.3) is 5.91 Å². The molecule has 0 spiro atoms. The zero-order valence-corrected chi connectivity index (χ0v) is 16.5. The lowest BCUT2D eigenvalue weighted by molar-refractivity contribution is 0.0950. The lowest BCUT2D eigenvalue weighted by atomic mass is 10.1. The fraction of sp³-hybridized carbons (Fsp3) is 0.143. The molecule has 6 heteroatoms. The predicted molar refractivity (Wildman–Crippen MR) is 105 cm³/mol. The number of carbonyl (C=O) groups is 1. The van der Waals surface area contributed by atoms with E-state index in [9.17, 15) is 9.18 Å². The number of carbonyl (C=O) groups excluding carboxylic acids is 1. The predicted octanol–water partition coefficient (Wildman–Crippen LogP) is 5.32. The summed E-state index contributed by atoms with van der Waals surface area (Å²) in [7, 11) is 0. The van der Waals surface area contributed by atoms with Crippen molar-refractivity contribution in [2.24, 2.45) is 0 Å². The second kappa shape index (κ2) is 8.31. The number of pyridine rings is 1. The summed E-state index contributed by atoms with van der Waals surface area (Å²) in [5.41, 5.74) is 3.35.